The second-order valence-electron chi connectivity index (χ2n) is 9.85. The fraction of sp³-hybridized carbons (Fsp3) is 0.500. The number of fused-ring (bicyclic) bond motifs is 1. The number of carbonyl (C=O) groups is 1. The van der Waals surface area contributed by atoms with Crippen molar-refractivity contribution < 1.29 is 4.79 Å². The maximum atomic E-state index is 13.7. The van der Waals surface area contributed by atoms with Crippen molar-refractivity contribution >= 4 is 38.7 Å². The van der Waals surface area contributed by atoms with E-state index in [1.54, 1.807) is 0 Å². The molecule has 4 heterocycles. The normalized spacial score (nSPS) is 17.3. The molecule has 0 N–H and O–H groups in total. The van der Waals surface area contributed by atoms with Crippen LogP contribution in [0.3, 0.4) is 0 Å². The fourth-order valence-electron chi connectivity index (χ4n) is 4.40. The first kappa shape index (κ1) is 21.4. The lowest BCUT2D eigenvalue weighted by molar-refractivity contribution is 0.0748. The highest BCUT2D eigenvalue weighted by atomic mass is 79.9. The number of pyridine rings is 2. The molecule has 0 spiro atoms. The van der Waals surface area contributed by atoms with Crippen LogP contribution in [0.5, 0.6) is 0 Å². The summed E-state index contributed by atoms with van der Waals surface area (Å²) >= 11 is 3.44. The Labute approximate surface area is 196 Å². The lowest BCUT2D eigenvalue weighted by Gasteiger charge is -2.35. The second kappa shape index (κ2) is 7.83. The van der Waals surface area contributed by atoms with Crippen LogP contribution in [-0.2, 0) is 5.54 Å². The summed E-state index contributed by atoms with van der Waals surface area (Å²) in [5.41, 5.74) is 3.28. The van der Waals surface area contributed by atoms with Gasteiger partial charge in [0.15, 0.2) is 5.65 Å². The Bertz CT molecular complexity index is 1170. The van der Waals surface area contributed by atoms with Gasteiger partial charge < -0.3 is 9.80 Å². The van der Waals surface area contributed by atoms with Crippen molar-refractivity contribution in [2.75, 3.05) is 31.1 Å². The average Bonchev–Trinajstić information content (AvgIpc) is 3.56. The third kappa shape index (κ3) is 3.89. The lowest BCUT2D eigenvalue weighted by Crippen LogP contribution is -2.49. The van der Waals surface area contributed by atoms with Crippen molar-refractivity contribution in [1.29, 1.82) is 0 Å². The van der Waals surface area contributed by atoms with Crippen LogP contribution in [0.1, 0.15) is 61.3 Å². The van der Waals surface area contributed by atoms with Crippen LogP contribution >= 0.6 is 15.9 Å². The number of hydrogen-bond acceptors (Lipinski definition) is 5. The predicted octanol–water partition coefficient (Wildman–Crippen LogP) is 4.49. The van der Waals surface area contributed by atoms with Gasteiger partial charge in [0.2, 0.25) is 0 Å². The summed E-state index contributed by atoms with van der Waals surface area (Å²) in [7, 11) is 0. The molecule has 0 unspecified atom stereocenters. The maximum absolute atomic E-state index is 13.7. The minimum absolute atomic E-state index is 0.0827. The quantitative estimate of drug-likeness (QED) is 0.534. The number of rotatable bonds is 3. The molecule has 7 nitrogen and oxygen atoms in total. The number of nitrogens with zero attached hydrogens (tertiary/aromatic N) is 6. The Morgan fingerprint density at radius 2 is 1.84 bits per heavy atom. The Hall–Kier alpha value is -2.48. The van der Waals surface area contributed by atoms with Crippen LogP contribution in [0.15, 0.2) is 28.9 Å². The van der Waals surface area contributed by atoms with Gasteiger partial charge in [0, 0.05) is 48.5 Å². The van der Waals surface area contributed by atoms with Crippen molar-refractivity contribution in [3.8, 4) is 0 Å². The summed E-state index contributed by atoms with van der Waals surface area (Å²) in [6.07, 6.45) is 4.11. The third-order valence-electron chi connectivity index (χ3n) is 6.30. The van der Waals surface area contributed by atoms with Crippen molar-refractivity contribution in [3.63, 3.8) is 0 Å². The molecule has 5 rings (SSSR count). The minimum Gasteiger partial charge on any atom is -0.353 e. The first-order chi connectivity index (χ1) is 15.2. The summed E-state index contributed by atoms with van der Waals surface area (Å²) in [5.74, 6) is 1.50. The fourth-order valence-corrected chi connectivity index (χ4v) is 4.63. The van der Waals surface area contributed by atoms with Crippen LogP contribution in [0.2, 0.25) is 0 Å². The van der Waals surface area contributed by atoms with Gasteiger partial charge in [-0.1, -0.05) is 0 Å². The molecule has 0 bridgehead atoms. The van der Waals surface area contributed by atoms with Crippen molar-refractivity contribution in [2.24, 2.45) is 0 Å². The standard InChI is InChI=1S/C24H29BrN6O/c1-15-21-18(13-19(16-5-6-16)27-22(21)31(28-15)24(2,3)4)23(32)30-11-9-29(10-12-30)20-8-7-17(25)14-26-20/h7-8,13-14,16H,5-6,9-12H2,1-4H3. The number of anilines is 1. The molecule has 8 heteroatoms. The molecule has 2 fully saturated rings. The molecular formula is C24H29BrN6O. The molecule has 0 atom stereocenters. The minimum atomic E-state index is -0.203. The van der Waals surface area contributed by atoms with E-state index < -0.39 is 0 Å². The molecule has 1 amide bonds. The van der Waals surface area contributed by atoms with Crippen LogP contribution in [0.25, 0.3) is 11.0 Å². The molecule has 0 aromatic carbocycles. The number of piperazine rings is 1. The lowest BCUT2D eigenvalue weighted by atomic mass is 10.1. The highest BCUT2D eigenvalue weighted by Gasteiger charge is 2.32. The van der Waals surface area contributed by atoms with E-state index in [9.17, 15) is 4.79 Å². The first-order valence-corrected chi connectivity index (χ1v) is 12.1. The Kier molecular flexibility index (Phi) is 5.23. The number of carbonyl (C=O) groups excluding carboxylic acids is 1. The molecule has 0 radical (unpaired) electrons. The number of hydrogen-bond donors (Lipinski definition) is 0. The van der Waals surface area contributed by atoms with E-state index in [0.29, 0.717) is 19.0 Å². The number of aryl methyl sites for hydroxylation is 1. The van der Waals surface area contributed by atoms with Crippen LogP contribution in [0, 0.1) is 6.92 Å². The average molecular weight is 497 g/mol. The first-order valence-electron chi connectivity index (χ1n) is 11.3. The van der Waals surface area contributed by atoms with Gasteiger partial charge in [0.05, 0.1) is 22.2 Å². The molecule has 1 aliphatic heterocycles. The molecule has 168 valence electrons. The van der Waals surface area contributed by atoms with Gasteiger partial charge in [-0.05, 0) is 74.7 Å². The van der Waals surface area contributed by atoms with Gasteiger partial charge in [0.25, 0.3) is 5.91 Å². The van der Waals surface area contributed by atoms with E-state index in [0.717, 1.165) is 64.2 Å². The van der Waals surface area contributed by atoms with Crippen LogP contribution < -0.4 is 4.90 Å². The molecule has 32 heavy (non-hydrogen) atoms. The number of aromatic nitrogens is 4. The zero-order valence-corrected chi connectivity index (χ0v) is 20.7. The molecule has 1 saturated heterocycles. The van der Waals surface area contributed by atoms with Gasteiger partial charge in [0.1, 0.15) is 5.82 Å². The second-order valence-corrected chi connectivity index (χ2v) is 10.8. The van der Waals surface area contributed by atoms with Gasteiger partial charge in [-0.3, -0.25) is 4.79 Å². The molecular weight excluding hydrogens is 468 g/mol. The third-order valence-corrected chi connectivity index (χ3v) is 6.77. The van der Waals surface area contributed by atoms with E-state index in [2.05, 4.69) is 46.6 Å². The topological polar surface area (TPSA) is 67.2 Å². The zero-order chi connectivity index (χ0) is 22.6. The van der Waals surface area contributed by atoms with Crippen molar-refractivity contribution in [2.45, 2.75) is 52.0 Å². The van der Waals surface area contributed by atoms with E-state index in [4.69, 9.17) is 10.1 Å². The molecule has 3 aromatic rings. The highest BCUT2D eigenvalue weighted by molar-refractivity contribution is 9.10. The van der Waals surface area contributed by atoms with E-state index in [1.807, 2.05) is 40.9 Å². The summed E-state index contributed by atoms with van der Waals surface area (Å²) in [6.45, 7) is 11.2. The Morgan fingerprint density at radius 1 is 1.12 bits per heavy atom. The van der Waals surface area contributed by atoms with Gasteiger partial charge >= 0.3 is 0 Å². The Morgan fingerprint density at radius 3 is 2.44 bits per heavy atom. The van der Waals surface area contributed by atoms with Crippen molar-refractivity contribution in [3.05, 3.63) is 45.8 Å². The van der Waals surface area contributed by atoms with E-state index in [-0.39, 0.29) is 11.4 Å². The monoisotopic (exact) mass is 496 g/mol. The number of amides is 1. The van der Waals surface area contributed by atoms with Crippen LogP contribution in [-0.4, -0.2) is 56.7 Å². The van der Waals surface area contributed by atoms with Gasteiger partial charge in [-0.25, -0.2) is 14.6 Å². The smallest absolute Gasteiger partial charge is 0.254 e. The molecule has 1 saturated carbocycles. The predicted molar refractivity (Wildman–Crippen MR) is 129 cm³/mol. The molecule has 1 aliphatic carbocycles. The summed E-state index contributed by atoms with van der Waals surface area (Å²) in [5, 5.41) is 5.69. The van der Waals surface area contributed by atoms with E-state index >= 15 is 0 Å². The Balaban J connectivity index is 1.46. The van der Waals surface area contributed by atoms with E-state index in [1.165, 1.54) is 0 Å². The summed E-state index contributed by atoms with van der Waals surface area (Å²) in [4.78, 5) is 27.4. The molecule has 3 aromatic heterocycles. The number of halogens is 1. The molecule has 2 aliphatic rings. The SMILES string of the molecule is Cc1nn(C(C)(C)C)c2nc(C3CC3)cc(C(=O)N3CCN(c4ccc(Br)cn4)CC3)c12. The zero-order valence-electron chi connectivity index (χ0n) is 19.1. The highest BCUT2D eigenvalue weighted by Crippen LogP contribution is 2.41. The maximum Gasteiger partial charge on any atom is 0.254 e. The van der Waals surface area contributed by atoms with Gasteiger partial charge in [-0.15, -0.1) is 0 Å². The summed E-state index contributed by atoms with van der Waals surface area (Å²) < 4.78 is 2.95. The van der Waals surface area contributed by atoms with Gasteiger partial charge in [-0.2, -0.15) is 5.10 Å². The summed E-state index contributed by atoms with van der Waals surface area (Å²) in [6, 6.07) is 6.05. The van der Waals surface area contributed by atoms with Crippen molar-refractivity contribution in [1.82, 2.24) is 24.6 Å². The largest absolute Gasteiger partial charge is 0.353 e. The van der Waals surface area contributed by atoms with Crippen LogP contribution in [0.4, 0.5) is 5.82 Å².